The fourth-order valence-corrected chi connectivity index (χ4v) is 3.08. The van der Waals surface area contributed by atoms with E-state index in [0.717, 1.165) is 37.4 Å². The second-order valence-corrected chi connectivity index (χ2v) is 6.21. The molecule has 0 N–H and O–H groups in total. The van der Waals surface area contributed by atoms with Gasteiger partial charge in [0.1, 0.15) is 12.1 Å². The summed E-state index contributed by atoms with van der Waals surface area (Å²) in [5.74, 6) is 1.32. The topological polar surface area (TPSA) is 51.1 Å². The third-order valence-corrected chi connectivity index (χ3v) is 4.35. The average Bonchev–Trinajstić information content (AvgIpc) is 2.60. The second-order valence-electron chi connectivity index (χ2n) is 6.21. The van der Waals surface area contributed by atoms with E-state index in [2.05, 4.69) is 15.0 Å². The SMILES string of the molecule is CCc1ncnc(N2CCCC(COc3ccnc(C)c3)C2)c1F. The molecule has 0 aromatic carbocycles. The lowest BCUT2D eigenvalue weighted by molar-refractivity contribution is 0.228. The molecule has 5 nitrogen and oxygen atoms in total. The molecule has 1 atom stereocenters. The zero-order valence-electron chi connectivity index (χ0n) is 14.2. The number of ether oxygens (including phenoxy) is 1. The fraction of sp³-hybridized carbons (Fsp3) is 0.500. The van der Waals surface area contributed by atoms with Gasteiger partial charge in [-0.2, -0.15) is 0 Å². The lowest BCUT2D eigenvalue weighted by atomic mass is 9.99. The maximum absolute atomic E-state index is 14.5. The molecule has 0 bridgehead atoms. The van der Waals surface area contributed by atoms with E-state index in [1.54, 1.807) is 6.20 Å². The molecule has 0 saturated carbocycles. The first-order valence-electron chi connectivity index (χ1n) is 8.47. The molecular formula is C18H23FN4O. The molecule has 2 aromatic heterocycles. The molecular weight excluding hydrogens is 307 g/mol. The molecule has 1 fully saturated rings. The van der Waals surface area contributed by atoms with Gasteiger partial charge in [0.2, 0.25) is 0 Å². The van der Waals surface area contributed by atoms with Crippen molar-refractivity contribution in [2.75, 3.05) is 24.6 Å². The minimum atomic E-state index is -0.286. The van der Waals surface area contributed by atoms with Crippen molar-refractivity contribution in [1.82, 2.24) is 15.0 Å². The largest absolute Gasteiger partial charge is 0.493 e. The van der Waals surface area contributed by atoms with Crippen LogP contribution in [0.5, 0.6) is 5.75 Å². The number of halogens is 1. The molecule has 1 aliphatic heterocycles. The summed E-state index contributed by atoms with van der Waals surface area (Å²) in [5, 5.41) is 0. The van der Waals surface area contributed by atoms with Gasteiger partial charge in [-0.15, -0.1) is 0 Å². The van der Waals surface area contributed by atoms with Crippen molar-refractivity contribution in [3.8, 4) is 5.75 Å². The number of aryl methyl sites for hydroxylation is 2. The Morgan fingerprint density at radius 1 is 1.33 bits per heavy atom. The zero-order valence-corrected chi connectivity index (χ0v) is 14.2. The first kappa shape index (κ1) is 16.6. The maximum Gasteiger partial charge on any atom is 0.187 e. The summed E-state index contributed by atoms with van der Waals surface area (Å²) < 4.78 is 20.4. The number of hydrogen-bond acceptors (Lipinski definition) is 5. The normalized spacial score (nSPS) is 17.8. The van der Waals surface area contributed by atoms with Crippen LogP contribution < -0.4 is 9.64 Å². The monoisotopic (exact) mass is 330 g/mol. The van der Waals surface area contributed by atoms with Crippen molar-refractivity contribution < 1.29 is 9.13 Å². The molecule has 1 unspecified atom stereocenters. The minimum absolute atomic E-state index is 0.286. The van der Waals surface area contributed by atoms with Gasteiger partial charge < -0.3 is 9.64 Å². The third kappa shape index (κ3) is 3.80. The van der Waals surface area contributed by atoms with Crippen LogP contribution in [0.3, 0.4) is 0 Å². The lowest BCUT2D eigenvalue weighted by Crippen LogP contribution is -2.39. The van der Waals surface area contributed by atoms with Crippen LogP contribution in [0, 0.1) is 18.7 Å². The Balaban J connectivity index is 1.64. The van der Waals surface area contributed by atoms with E-state index in [0.29, 0.717) is 30.5 Å². The highest BCUT2D eigenvalue weighted by Crippen LogP contribution is 2.25. The van der Waals surface area contributed by atoms with E-state index < -0.39 is 0 Å². The standard InChI is InChI=1S/C18H23FN4O/c1-3-16-17(19)18(22-12-21-16)23-8-4-5-14(10-23)11-24-15-6-7-20-13(2)9-15/h6-7,9,12,14H,3-5,8,10-11H2,1-2H3. The molecule has 3 heterocycles. The van der Waals surface area contributed by atoms with Gasteiger partial charge in [-0.25, -0.2) is 14.4 Å². The lowest BCUT2D eigenvalue weighted by Gasteiger charge is -2.33. The van der Waals surface area contributed by atoms with Gasteiger partial charge in [0, 0.05) is 37.0 Å². The summed E-state index contributed by atoms with van der Waals surface area (Å²) in [6.07, 6.45) is 5.86. The van der Waals surface area contributed by atoms with Gasteiger partial charge in [0.05, 0.1) is 12.3 Å². The number of aromatic nitrogens is 3. The van der Waals surface area contributed by atoms with Crippen molar-refractivity contribution in [3.05, 3.63) is 41.9 Å². The van der Waals surface area contributed by atoms with Crippen molar-refractivity contribution in [2.45, 2.75) is 33.1 Å². The van der Waals surface area contributed by atoms with Crippen LogP contribution in [0.25, 0.3) is 0 Å². The second kappa shape index (κ2) is 7.55. The Labute approximate surface area is 141 Å². The molecule has 2 aromatic rings. The highest BCUT2D eigenvalue weighted by molar-refractivity contribution is 5.41. The number of pyridine rings is 1. The fourth-order valence-electron chi connectivity index (χ4n) is 3.08. The van der Waals surface area contributed by atoms with E-state index >= 15 is 0 Å². The maximum atomic E-state index is 14.5. The predicted octanol–water partition coefficient (Wildman–Crippen LogP) is 3.18. The first-order valence-corrected chi connectivity index (χ1v) is 8.47. The van der Waals surface area contributed by atoms with Crippen LogP contribution in [0.2, 0.25) is 0 Å². The molecule has 24 heavy (non-hydrogen) atoms. The van der Waals surface area contributed by atoms with Crippen molar-refractivity contribution in [3.63, 3.8) is 0 Å². The van der Waals surface area contributed by atoms with Crippen LogP contribution in [-0.4, -0.2) is 34.6 Å². The highest BCUT2D eigenvalue weighted by atomic mass is 19.1. The molecule has 6 heteroatoms. The van der Waals surface area contributed by atoms with E-state index in [-0.39, 0.29) is 5.82 Å². The van der Waals surface area contributed by atoms with Crippen molar-refractivity contribution in [2.24, 2.45) is 5.92 Å². The smallest absolute Gasteiger partial charge is 0.187 e. The van der Waals surface area contributed by atoms with Gasteiger partial charge in [-0.3, -0.25) is 4.98 Å². The van der Waals surface area contributed by atoms with E-state index in [9.17, 15) is 4.39 Å². The summed E-state index contributed by atoms with van der Waals surface area (Å²) in [6, 6.07) is 3.80. The quantitative estimate of drug-likeness (QED) is 0.843. The molecule has 3 rings (SSSR count). The van der Waals surface area contributed by atoms with Gasteiger partial charge in [-0.05, 0) is 32.3 Å². The van der Waals surface area contributed by atoms with Gasteiger partial charge in [0.15, 0.2) is 11.6 Å². The molecule has 1 saturated heterocycles. The van der Waals surface area contributed by atoms with Gasteiger partial charge in [0.25, 0.3) is 0 Å². The average molecular weight is 330 g/mol. The summed E-state index contributed by atoms with van der Waals surface area (Å²) in [5.41, 5.74) is 1.42. The van der Waals surface area contributed by atoms with E-state index in [4.69, 9.17) is 4.74 Å². The molecule has 128 valence electrons. The Morgan fingerprint density at radius 3 is 3.00 bits per heavy atom. The van der Waals surface area contributed by atoms with Crippen LogP contribution >= 0.6 is 0 Å². The zero-order chi connectivity index (χ0) is 16.9. The van der Waals surface area contributed by atoms with Crippen LogP contribution in [0.15, 0.2) is 24.7 Å². The number of anilines is 1. The Hall–Kier alpha value is -2.24. The predicted molar refractivity (Wildman–Crippen MR) is 90.8 cm³/mol. The van der Waals surface area contributed by atoms with Gasteiger partial charge >= 0.3 is 0 Å². The van der Waals surface area contributed by atoms with E-state index in [1.165, 1.54) is 6.33 Å². The Kier molecular flexibility index (Phi) is 5.23. The van der Waals surface area contributed by atoms with Crippen molar-refractivity contribution in [1.29, 1.82) is 0 Å². The highest BCUT2D eigenvalue weighted by Gasteiger charge is 2.24. The Morgan fingerprint density at radius 2 is 2.21 bits per heavy atom. The molecule has 0 spiro atoms. The number of hydrogen-bond donors (Lipinski definition) is 0. The summed E-state index contributed by atoms with van der Waals surface area (Å²) >= 11 is 0. The number of nitrogens with zero attached hydrogens (tertiary/aromatic N) is 4. The van der Waals surface area contributed by atoms with Gasteiger partial charge in [-0.1, -0.05) is 6.92 Å². The molecule has 1 aliphatic rings. The van der Waals surface area contributed by atoms with E-state index in [1.807, 2.05) is 30.9 Å². The number of rotatable bonds is 5. The van der Waals surface area contributed by atoms with Crippen LogP contribution in [0.1, 0.15) is 31.2 Å². The Bertz CT molecular complexity index is 694. The summed E-state index contributed by atoms with van der Waals surface area (Å²) in [7, 11) is 0. The first-order chi connectivity index (χ1) is 11.7. The third-order valence-electron chi connectivity index (χ3n) is 4.35. The molecule has 0 radical (unpaired) electrons. The van der Waals surface area contributed by atoms with Crippen molar-refractivity contribution >= 4 is 5.82 Å². The molecule has 0 aliphatic carbocycles. The minimum Gasteiger partial charge on any atom is -0.493 e. The van der Waals surface area contributed by atoms with Crippen LogP contribution in [-0.2, 0) is 6.42 Å². The summed E-state index contributed by atoms with van der Waals surface area (Å²) in [4.78, 5) is 14.4. The molecule has 0 amide bonds. The summed E-state index contributed by atoms with van der Waals surface area (Å²) in [6.45, 7) is 6.04. The van der Waals surface area contributed by atoms with Crippen LogP contribution in [0.4, 0.5) is 10.2 Å². The number of piperidine rings is 1.